The Morgan fingerprint density at radius 3 is 2.78 bits per heavy atom. The predicted octanol–water partition coefficient (Wildman–Crippen LogP) is 2.45. The Balaban J connectivity index is 1.88. The predicted molar refractivity (Wildman–Crippen MR) is 85.4 cm³/mol. The van der Waals surface area contributed by atoms with E-state index in [0.717, 1.165) is 11.1 Å². The van der Waals surface area contributed by atoms with Gasteiger partial charge in [0, 0.05) is 12.3 Å². The molecule has 116 valence electrons. The van der Waals surface area contributed by atoms with Gasteiger partial charge in [0.1, 0.15) is 11.8 Å². The molecule has 3 rings (SSSR count). The second-order valence-electron chi connectivity index (χ2n) is 5.12. The third-order valence-electron chi connectivity index (χ3n) is 3.55. The van der Waals surface area contributed by atoms with E-state index in [1.54, 1.807) is 12.3 Å². The van der Waals surface area contributed by atoms with Gasteiger partial charge in [-0.3, -0.25) is 9.59 Å². The van der Waals surface area contributed by atoms with Gasteiger partial charge in [0.15, 0.2) is 5.82 Å². The lowest BCUT2D eigenvalue weighted by Gasteiger charge is -2.10. The zero-order valence-corrected chi connectivity index (χ0v) is 12.5. The topological polar surface area (TPSA) is 77.1 Å². The van der Waals surface area contributed by atoms with Gasteiger partial charge in [-0.15, -0.1) is 0 Å². The van der Waals surface area contributed by atoms with Crippen molar-refractivity contribution in [2.75, 3.05) is 5.32 Å². The minimum Gasteiger partial charge on any atom is -0.363 e. The molecule has 2 heterocycles. The zero-order valence-electron chi connectivity index (χ0n) is 12.5. The molecule has 0 bridgehead atoms. The van der Waals surface area contributed by atoms with Gasteiger partial charge in [-0.05, 0) is 30.2 Å². The van der Waals surface area contributed by atoms with Gasteiger partial charge in [0.05, 0.1) is 6.54 Å². The Labute approximate surface area is 132 Å². The van der Waals surface area contributed by atoms with Crippen molar-refractivity contribution in [3.05, 3.63) is 82.0 Å². The van der Waals surface area contributed by atoms with E-state index in [2.05, 4.69) is 15.0 Å². The Bertz CT molecular complexity index is 882. The summed E-state index contributed by atoms with van der Waals surface area (Å²) in [6, 6.07) is 12.5. The second-order valence-corrected chi connectivity index (χ2v) is 5.12. The molecule has 0 spiro atoms. The smallest absolute Gasteiger partial charge is 0.263 e. The number of aryl methyl sites for hydroxylation is 1. The summed E-state index contributed by atoms with van der Waals surface area (Å²) in [5.74, 6) is -0.244. The normalized spacial score (nSPS) is 10.5. The van der Waals surface area contributed by atoms with Gasteiger partial charge >= 0.3 is 0 Å². The summed E-state index contributed by atoms with van der Waals surface area (Å²) >= 11 is 0. The van der Waals surface area contributed by atoms with E-state index in [1.165, 1.54) is 23.0 Å². The Morgan fingerprint density at radius 2 is 2.04 bits per heavy atom. The van der Waals surface area contributed by atoms with E-state index < -0.39 is 5.91 Å². The Morgan fingerprint density at radius 1 is 1.22 bits per heavy atom. The van der Waals surface area contributed by atoms with Crippen LogP contribution in [0.1, 0.15) is 21.5 Å². The third-order valence-corrected chi connectivity index (χ3v) is 3.55. The summed E-state index contributed by atoms with van der Waals surface area (Å²) in [5, 5.41) is 6.12. The van der Waals surface area contributed by atoms with Gasteiger partial charge in [0.25, 0.3) is 11.5 Å². The molecule has 0 unspecified atom stereocenters. The number of hydrogen-bond donors (Lipinski definition) is 1. The monoisotopic (exact) mass is 309 g/mol. The number of carbonyl (C=O) groups is 1. The van der Waals surface area contributed by atoms with Gasteiger partial charge < -0.3 is 14.4 Å². The maximum absolute atomic E-state index is 12.5. The van der Waals surface area contributed by atoms with E-state index in [9.17, 15) is 9.59 Å². The molecule has 6 heteroatoms. The quantitative estimate of drug-likeness (QED) is 0.803. The highest BCUT2D eigenvalue weighted by molar-refractivity contribution is 6.03. The van der Waals surface area contributed by atoms with Crippen LogP contribution in [-0.2, 0) is 6.54 Å². The van der Waals surface area contributed by atoms with E-state index in [4.69, 9.17) is 0 Å². The van der Waals surface area contributed by atoms with Crippen LogP contribution < -0.4 is 10.9 Å². The lowest BCUT2D eigenvalue weighted by molar-refractivity contribution is 0.102. The molecule has 2 aromatic heterocycles. The first-order valence-corrected chi connectivity index (χ1v) is 7.11. The maximum Gasteiger partial charge on any atom is 0.263 e. The third kappa shape index (κ3) is 3.21. The molecular weight excluding hydrogens is 294 g/mol. The van der Waals surface area contributed by atoms with Crippen molar-refractivity contribution in [3.8, 4) is 0 Å². The molecule has 6 nitrogen and oxygen atoms in total. The molecule has 1 N–H and O–H groups in total. The fourth-order valence-corrected chi connectivity index (χ4v) is 2.27. The van der Waals surface area contributed by atoms with Crippen LogP contribution in [0.4, 0.5) is 5.82 Å². The Kier molecular flexibility index (Phi) is 4.05. The number of aromatic nitrogens is 2. The highest BCUT2D eigenvalue weighted by atomic mass is 16.5. The SMILES string of the molecule is Cc1ccccc1Cn1cccc(C(=O)Nc2ccon2)c1=O. The fraction of sp³-hybridized carbons (Fsp3) is 0.118. The number of anilines is 1. The molecule has 1 aromatic carbocycles. The minimum atomic E-state index is -0.511. The van der Waals surface area contributed by atoms with Crippen molar-refractivity contribution in [1.82, 2.24) is 9.72 Å². The first-order chi connectivity index (χ1) is 11.1. The molecule has 0 radical (unpaired) electrons. The largest absolute Gasteiger partial charge is 0.363 e. The lowest BCUT2D eigenvalue weighted by atomic mass is 10.1. The van der Waals surface area contributed by atoms with Crippen molar-refractivity contribution in [3.63, 3.8) is 0 Å². The highest BCUT2D eigenvalue weighted by Gasteiger charge is 2.13. The molecule has 0 saturated carbocycles. The number of benzene rings is 1. The molecule has 1 amide bonds. The van der Waals surface area contributed by atoms with Crippen LogP contribution in [0.25, 0.3) is 0 Å². The summed E-state index contributed by atoms with van der Waals surface area (Å²) in [4.78, 5) is 24.7. The average Bonchev–Trinajstić information content (AvgIpc) is 3.04. The molecule has 0 aliphatic rings. The van der Waals surface area contributed by atoms with Gasteiger partial charge in [-0.25, -0.2) is 0 Å². The number of rotatable bonds is 4. The van der Waals surface area contributed by atoms with Gasteiger partial charge in [-0.1, -0.05) is 29.4 Å². The first-order valence-electron chi connectivity index (χ1n) is 7.11. The fourth-order valence-electron chi connectivity index (χ4n) is 2.27. The molecule has 0 fully saturated rings. The molecule has 0 saturated heterocycles. The van der Waals surface area contributed by atoms with Crippen LogP contribution in [0, 0.1) is 6.92 Å². The summed E-state index contributed by atoms with van der Waals surface area (Å²) in [5.41, 5.74) is 1.83. The zero-order chi connectivity index (χ0) is 16.2. The molecule has 0 atom stereocenters. The summed E-state index contributed by atoms with van der Waals surface area (Å²) in [6.07, 6.45) is 3.01. The summed E-state index contributed by atoms with van der Waals surface area (Å²) < 4.78 is 6.16. The number of nitrogens with zero attached hydrogens (tertiary/aromatic N) is 2. The molecule has 0 aliphatic heterocycles. The van der Waals surface area contributed by atoms with Crippen LogP contribution in [-0.4, -0.2) is 15.6 Å². The Hall–Kier alpha value is -3.15. The van der Waals surface area contributed by atoms with Crippen LogP contribution in [0.2, 0.25) is 0 Å². The second kappa shape index (κ2) is 6.31. The van der Waals surface area contributed by atoms with E-state index >= 15 is 0 Å². The van der Waals surface area contributed by atoms with Crippen molar-refractivity contribution in [2.45, 2.75) is 13.5 Å². The minimum absolute atomic E-state index is 0.0593. The van der Waals surface area contributed by atoms with Crippen molar-refractivity contribution >= 4 is 11.7 Å². The van der Waals surface area contributed by atoms with Crippen molar-refractivity contribution < 1.29 is 9.32 Å². The van der Waals surface area contributed by atoms with E-state index in [-0.39, 0.29) is 16.9 Å². The first kappa shape index (κ1) is 14.8. The van der Waals surface area contributed by atoms with Crippen LogP contribution in [0.3, 0.4) is 0 Å². The molecule has 3 aromatic rings. The highest BCUT2D eigenvalue weighted by Crippen LogP contribution is 2.09. The van der Waals surface area contributed by atoms with Crippen LogP contribution in [0.15, 0.2) is 64.2 Å². The number of nitrogens with one attached hydrogen (secondary N) is 1. The lowest BCUT2D eigenvalue weighted by Crippen LogP contribution is -2.29. The van der Waals surface area contributed by atoms with E-state index in [1.807, 2.05) is 31.2 Å². The van der Waals surface area contributed by atoms with Crippen molar-refractivity contribution in [2.24, 2.45) is 0 Å². The standard InChI is InChI=1S/C17H15N3O3/c1-12-5-2-3-6-13(12)11-20-9-4-7-14(17(20)22)16(21)18-15-8-10-23-19-15/h2-10H,11H2,1H3,(H,18,19,21). The number of carbonyl (C=O) groups excluding carboxylic acids is 1. The average molecular weight is 309 g/mol. The van der Waals surface area contributed by atoms with Gasteiger partial charge in [0.2, 0.25) is 0 Å². The number of hydrogen-bond acceptors (Lipinski definition) is 4. The van der Waals surface area contributed by atoms with E-state index in [0.29, 0.717) is 6.54 Å². The van der Waals surface area contributed by atoms with Crippen LogP contribution >= 0.6 is 0 Å². The number of pyridine rings is 1. The molecule has 0 aliphatic carbocycles. The summed E-state index contributed by atoms with van der Waals surface area (Å²) in [6.45, 7) is 2.40. The molecule has 23 heavy (non-hydrogen) atoms. The molecular formula is C17H15N3O3. The van der Waals surface area contributed by atoms with Gasteiger partial charge in [-0.2, -0.15) is 0 Å². The summed E-state index contributed by atoms with van der Waals surface area (Å²) in [7, 11) is 0. The van der Waals surface area contributed by atoms with Crippen LogP contribution in [0.5, 0.6) is 0 Å². The van der Waals surface area contributed by atoms with Crippen molar-refractivity contribution in [1.29, 1.82) is 0 Å². The number of amides is 1. The maximum atomic E-state index is 12.5.